The summed E-state index contributed by atoms with van der Waals surface area (Å²) in [5.74, 6) is 0. The lowest BCUT2D eigenvalue weighted by atomic mass is 10.1. The molecular formula is C27H48N3+. The van der Waals surface area contributed by atoms with Gasteiger partial charge in [0.2, 0.25) is 0 Å². The number of benzene rings is 1. The normalized spacial score (nSPS) is 12.1. The van der Waals surface area contributed by atoms with Crippen molar-refractivity contribution in [3.8, 4) is 0 Å². The molecule has 0 bridgehead atoms. The van der Waals surface area contributed by atoms with Gasteiger partial charge in [-0.05, 0) is 44.2 Å². The first-order valence-electron chi connectivity index (χ1n) is 12.8. The number of imidazole rings is 1. The Labute approximate surface area is 186 Å². The molecule has 1 aromatic carbocycles. The zero-order chi connectivity index (χ0) is 21.5. The van der Waals surface area contributed by atoms with Gasteiger partial charge in [0.05, 0.1) is 44.5 Å². The van der Waals surface area contributed by atoms with E-state index >= 15 is 0 Å². The van der Waals surface area contributed by atoms with Crippen molar-refractivity contribution in [3.63, 3.8) is 0 Å². The summed E-state index contributed by atoms with van der Waals surface area (Å²) >= 11 is 0. The van der Waals surface area contributed by atoms with Gasteiger partial charge in [-0.3, -0.25) is 0 Å². The molecule has 0 radical (unpaired) electrons. The van der Waals surface area contributed by atoms with Crippen molar-refractivity contribution < 1.29 is 4.48 Å². The number of fused-ring (bicyclic) bond motifs is 1. The number of nitrogens with zero attached hydrogens (tertiary/aromatic N) is 3. The average Bonchev–Trinajstić information content (AvgIpc) is 3.15. The molecular weight excluding hydrogens is 366 g/mol. The Kier molecular flexibility index (Phi) is 12.1. The van der Waals surface area contributed by atoms with Gasteiger partial charge < -0.3 is 9.05 Å². The van der Waals surface area contributed by atoms with E-state index in [1.165, 1.54) is 113 Å². The maximum Gasteiger partial charge on any atom is 0.0958 e. The van der Waals surface area contributed by atoms with Crippen molar-refractivity contribution in [1.82, 2.24) is 9.55 Å². The van der Waals surface area contributed by atoms with Crippen LogP contribution in [0.15, 0.2) is 30.6 Å². The number of rotatable bonds is 18. The number of aryl methyl sites for hydroxylation is 1. The molecule has 0 aliphatic carbocycles. The van der Waals surface area contributed by atoms with Crippen molar-refractivity contribution >= 4 is 11.0 Å². The summed E-state index contributed by atoms with van der Waals surface area (Å²) < 4.78 is 3.50. The standard InChI is InChI=1S/C27H48N3/c1-4-5-6-7-8-9-10-11-13-18-23-30(2,3)24-19-14-12-17-22-29-25-28-26-20-15-16-21-27(26)29/h15-16,20-21,25H,4-14,17-19,22-24H2,1-3H3/q+1. The zero-order valence-electron chi connectivity index (χ0n) is 20.2. The minimum atomic E-state index is 1.09. The van der Waals surface area contributed by atoms with Crippen molar-refractivity contribution in [1.29, 1.82) is 0 Å². The van der Waals surface area contributed by atoms with Gasteiger partial charge in [0.1, 0.15) is 0 Å². The Morgan fingerprint density at radius 3 is 1.87 bits per heavy atom. The van der Waals surface area contributed by atoms with E-state index in [4.69, 9.17) is 0 Å². The van der Waals surface area contributed by atoms with E-state index in [2.05, 4.69) is 54.8 Å². The van der Waals surface area contributed by atoms with Crippen molar-refractivity contribution in [2.45, 2.75) is 103 Å². The minimum Gasteiger partial charge on any atom is -0.331 e. The summed E-state index contributed by atoms with van der Waals surface area (Å²) in [5.41, 5.74) is 2.38. The second-order valence-corrected chi connectivity index (χ2v) is 9.91. The highest BCUT2D eigenvalue weighted by Crippen LogP contribution is 2.15. The first kappa shape index (κ1) is 24.9. The van der Waals surface area contributed by atoms with Crippen molar-refractivity contribution in [2.24, 2.45) is 0 Å². The highest BCUT2D eigenvalue weighted by molar-refractivity contribution is 5.74. The third-order valence-electron chi connectivity index (χ3n) is 6.56. The molecule has 0 amide bonds. The summed E-state index contributed by atoms with van der Waals surface area (Å²) in [6.07, 6.45) is 21.6. The molecule has 2 rings (SSSR count). The molecule has 0 spiro atoms. The van der Waals surface area contributed by atoms with Gasteiger partial charge in [-0.2, -0.15) is 0 Å². The van der Waals surface area contributed by atoms with Crippen LogP contribution in [0.5, 0.6) is 0 Å². The van der Waals surface area contributed by atoms with Crippen LogP contribution in [0.2, 0.25) is 0 Å². The molecule has 1 aromatic heterocycles. The Morgan fingerprint density at radius 2 is 1.23 bits per heavy atom. The predicted molar refractivity (Wildman–Crippen MR) is 132 cm³/mol. The number of quaternary nitrogens is 1. The first-order chi connectivity index (χ1) is 14.6. The molecule has 30 heavy (non-hydrogen) atoms. The van der Waals surface area contributed by atoms with Crippen LogP contribution in [0.4, 0.5) is 0 Å². The number of para-hydroxylation sites is 2. The largest absolute Gasteiger partial charge is 0.331 e. The highest BCUT2D eigenvalue weighted by atomic mass is 15.3. The molecule has 0 N–H and O–H groups in total. The van der Waals surface area contributed by atoms with Crippen LogP contribution in [0.1, 0.15) is 96.8 Å². The third-order valence-corrected chi connectivity index (χ3v) is 6.56. The van der Waals surface area contributed by atoms with Gasteiger partial charge in [-0.15, -0.1) is 0 Å². The summed E-state index contributed by atoms with van der Waals surface area (Å²) in [4.78, 5) is 4.49. The predicted octanol–water partition coefficient (Wildman–Crippen LogP) is 7.59. The van der Waals surface area contributed by atoms with Crippen LogP contribution < -0.4 is 0 Å². The Balaban J connectivity index is 1.43. The fourth-order valence-corrected chi connectivity index (χ4v) is 4.50. The maximum absolute atomic E-state index is 4.49. The molecule has 0 unspecified atom stereocenters. The van der Waals surface area contributed by atoms with E-state index < -0.39 is 0 Å². The van der Waals surface area contributed by atoms with E-state index in [1.54, 1.807) is 0 Å². The van der Waals surface area contributed by atoms with Crippen LogP contribution in [0, 0.1) is 0 Å². The van der Waals surface area contributed by atoms with Crippen molar-refractivity contribution in [3.05, 3.63) is 30.6 Å². The van der Waals surface area contributed by atoms with Crippen LogP contribution in [-0.2, 0) is 6.54 Å². The maximum atomic E-state index is 4.49. The highest BCUT2D eigenvalue weighted by Gasteiger charge is 2.13. The van der Waals surface area contributed by atoms with Crippen molar-refractivity contribution in [2.75, 3.05) is 27.2 Å². The summed E-state index contributed by atoms with van der Waals surface area (Å²) in [6, 6.07) is 8.45. The minimum absolute atomic E-state index is 1.09. The molecule has 0 aliphatic rings. The van der Waals surface area contributed by atoms with Gasteiger partial charge >= 0.3 is 0 Å². The fraction of sp³-hybridized carbons (Fsp3) is 0.741. The van der Waals surface area contributed by atoms with Gasteiger partial charge in [0.25, 0.3) is 0 Å². The SMILES string of the molecule is CCCCCCCCCCCC[N+](C)(C)CCCCCCn1cnc2ccccc21. The first-order valence-corrected chi connectivity index (χ1v) is 12.8. The summed E-state index contributed by atoms with van der Waals surface area (Å²) in [7, 11) is 4.84. The molecule has 0 aliphatic heterocycles. The monoisotopic (exact) mass is 414 g/mol. The van der Waals surface area contributed by atoms with Gasteiger partial charge in [0.15, 0.2) is 0 Å². The number of unbranched alkanes of at least 4 members (excludes halogenated alkanes) is 12. The molecule has 3 heteroatoms. The number of hydrogen-bond acceptors (Lipinski definition) is 1. The van der Waals surface area contributed by atoms with Crippen LogP contribution in [0.25, 0.3) is 11.0 Å². The number of aromatic nitrogens is 2. The lowest BCUT2D eigenvalue weighted by Crippen LogP contribution is -2.41. The second-order valence-electron chi connectivity index (χ2n) is 9.91. The van der Waals surface area contributed by atoms with Gasteiger partial charge in [-0.25, -0.2) is 4.98 Å². The van der Waals surface area contributed by atoms with Crippen LogP contribution in [-0.4, -0.2) is 41.2 Å². The molecule has 3 nitrogen and oxygen atoms in total. The topological polar surface area (TPSA) is 17.8 Å². The molecule has 2 aromatic rings. The second kappa shape index (κ2) is 14.6. The molecule has 0 atom stereocenters. The molecule has 170 valence electrons. The Hall–Kier alpha value is -1.35. The van der Waals surface area contributed by atoms with Gasteiger partial charge in [-0.1, -0.05) is 76.8 Å². The lowest BCUT2D eigenvalue weighted by molar-refractivity contribution is -0.890. The number of hydrogen-bond donors (Lipinski definition) is 0. The van der Waals surface area contributed by atoms with E-state index in [-0.39, 0.29) is 0 Å². The summed E-state index contributed by atoms with van der Waals surface area (Å²) in [6.45, 7) is 6.06. The molecule has 0 saturated heterocycles. The Morgan fingerprint density at radius 1 is 0.700 bits per heavy atom. The van der Waals surface area contributed by atoms with Crippen LogP contribution in [0.3, 0.4) is 0 Å². The van der Waals surface area contributed by atoms with Crippen LogP contribution >= 0.6 is 0 Å². The Bertz CT molecular complexity index is 674. The van der Waals surface area contributed by atoms with E-state index in [1.807, 2.05) is 6.33 Å². The van der Waals surface area contributed by atoms with E-state index in [9.17, 15) is 0 Å². The average molecular weight is 415 g/mol. The third kappa shape index (κ3) is 10.1. The summed E-state index contributed by atoms with van der Waals surface area (Å²) in [5, 5.41) is 0. The molecule has 1 heterocycles. The molecule has 0 fully saturated rings. The lowest BCUT2D eigenvalue weighted by Gasteiger charge is -2.30. The van der Waals surface area contributed by atoms with Gasteiger partial charge in [0, 0.05) is 6.54 Å². The zero-order valence-corrected chi connectivity index (χ0v) is 20.2. The van der Waals surface area contributed by atoms with E-state index in [0.717, 1.165) is 12.1 Å². The fourth-order valence-electron chi connectivity index (χ4n) is 4.50. The quantitative estimate of drug-likeness (QED) is 0.181. The molecule has 0 saturated carbocycles. The van der Waals surface area contributed by atoms with E-state index in [0.29, 0.717) is 0 Å². The smallest absolute Gasteiger partial charge is 0.0958 e.